The van der Waals surface area contributed by atoms with Crippen molar-refractivity contribution < 1.29 is 9.59 Å². The van der Waals surface area contributed by atoms with Crippen molar-refractivity contribution in [2.45, 2.75) is 63.2 Å². The predicted octanol–water partition coefficient (Wildman–Crippen LogP) is 4.31. The highest BCUT2D eigenvalue weighted by Gasteiger charge is 2.60. The molecule has 1 aromatic carbocycles. The summed E-state index contributed by atoms with van der Waals surface area (Å²) in [6.45, 7) is 2.32. The minimum Gasteiger partial charge on any atom is -0.356 e. The summed E-state index contributed by atoms with van der Waals surface area (Å²) in [5.41, 5.74) is 1.32. The van der Waals surface area contributed by atoms with Gasteiger partial charge in [0, 0.05) is 31.1 Å². The second-order valence-electron chi connectivity index (χ2n) is 10.1. The van der Waals surface area contributed by atoms with Gasteiger partial charge in [0.2, 0.25) is 11.8 Å². The third kappa shape index (κ3) is 3.48. The molecule has 5 fully saturated rings. The van der Waals surface area contributed by atoms with Crippen LogP contribution in [0.2, 0.25) is 5.02 Å². The second kappa shape index (κ2) is 7.30. The Morgan fingerprint density at radius 2 is 1.86 bits per heavy atom. The summed E-state index contributed by atoms with van der Waals surface area (Å²) in [6.07, 6.45) is 9.32. The summed E-state index contributed by atoms with van der Waals surface area (Å²) in [6, 6.07) is 8.38. The van der Waals surface area contributed by atoms with Crippen molar-refractivity contribution in [3.8, 4) is 0 Å². The van der Waals surface area contributed by atoms with Crippen LogP contribution in [0, 0.1) is 17.3 Å². The molecule has 6 rings (SSSR count). The molecular weight excluding hydrogens is 384 g/mol. The van der Waals surface area contributed by atoms with E-state index in [4.69, 9.17) is 11.6 Å². The van der Waals surface area contributed by atoms with E-state index in [-0.39, 0.29) is 22.6 Å². The normalized spacial score (nSPS) is 35.3. The molecule has 1 N–H and O–H groups in total. The molecule has 2 atom stereocenters. The number of likely N-dealkylation sites (tertiary alicyclic amines) is 1. The summed E-state index contributed by atoms with van der Waals surface area (Å²) in [7, 11) is 0. The molecule has 4 aliphatic carbocycles. The molecule has 5 heteroatoms. The van der Waals surface area contributed by atoms with Crippen LogP contribution < -0.4 is 5.32 Å². The maximum atomic E-state index is 13.4. The van der Waals surface area contributed by atoms with Gasteiger partial charge in [-0.25, -0.2) is 0 Å². The SMILES string of the molecule is O=C1CCCN1CCCNC(=O)C12CC3CC(C1)CC(c1ccc(Cl)cc1)(C3)C2. The van der Waals surface area contributed by atoms with Gasteiger partial charge < -0.3 is 10.2 Å². The van der Waals surface area contributed by atoms with E-state index < -0.39 is 0 Å². The molecule has 0 aromatic heterocycles. The largest absolute Gasteiger partial charge is 0.356 e. The first kappa shape index (κ1) is 19.4. The summed E-state index contributed by atoms with van der Waals surface area (Å²) < 4.78 is 0. The molecule has 29 heavy (non-hydrogen) atoms. The van der Waals surface area contributed by atoms with E-state index in [2.05, 4.69) is 17.4 Å². The minimum absolute atomic E-state index is 0.147. The molecular formula is C24H31ClN2O2. The number of rotatable bonds is 6. The molecule has 4 saturated carbocycles. The monoisotopic (exact) mass is 414 g/mol. The van der Waals surface area contributed by atoms with Crippen molar-refractivity contribution in [2.24, 2.45) is 17.3 Å². The van der Waals surface area contributed by atoms with Crippen LogP contribution in [0.5, 0.6) is 0 Å². The Kier molecular flexibility index (Phi) is 4.89. The lowest BCUT2D eigenvalue weighted by molar-refractivity contribution is -0.149. The van der Waals surface area contributed by atoms with Crippen LogP contribution in [-0.4, -0.2) is 36.3 Å². The fraction of sp³-hybridized carbons (Fsp3) is 0.667. The predicted molar refractivity (Wildman–Crippen MR) is 114 cm³/mol. The Hall–Kier alpha value is -1.55. The Labute approximate surface area is 178 Å². The van der Waals surface area contributed by atoms with Crippen LogP contribution in [0.15, 0.2) is 24.3 Å². The molecule has 1 aliphatic heterocycles. The van der Waals surface area contributed by atoms with E-state index in [9.17, 15) is 9.59 Å². The average Bonchev–Trinajstić information content (AvgIpc) is 3.09. The van der Waals surface area contributed by atoms with Crippen molar-refractivity contribution >= 4 is 23.4 Å². The average molecular weight is 415 g/mol. The lowest BCUT2D eigenvalue weighted by atomic mass is 9.42. The van der Waals surface area contributed by atoms with Crippen molar-refractivity contribution in [3.63, 3.8) is 0 Å². The molecule has 0 radical (unpaired) electrons. The fourth-order valence-corrected chi connectivity index (χ4v) is 7.40. The number of hydrogen-bond acceptors (Lipinski definition) is 2. The number of halogens is 1. The molecule has 156 valence electrons. The molecule has 1 saturated heterocycles. The first-order valence-corrected chi connectivity index (χ1v) is 11.7. The summed E-state index contributed by atoms with van der Waals surface area (Å²) in [5, 5.41) is 4.04. The zero-order chi connectivity index (χ0) is 20.1. The van der Waals surface area contributed by atoms with E-state index in [1.54, 1.807) is 0 Å². The zero-order valence-electron chi connectivity index (χ0n) is 17.1. The van der Waals surface area contributed by atoms with Gasteiger partial charge in [-0.15, -0.1) is 0 Å². The third-order valence-corrected chi connectivity index (χ3v) is 8.31. The quantitative estimate of drug-likeness (QED) is 0.705. The minimum atomic E-state index is -0.201. The Morgan fingerprint density at radius 1 is 1.14 bits per heavy atom. The molecule has 1 aromatic rings. The van der Waals surface area contributed by atoms with Gasteiger partial charge in [-0.2, -0.15) is 0 Å². The maximum Gasteiger partial charge on any atom is 0.226 e. The molecule has 0 spiro atoms. The molecule has 1 heterocycles. The highest BCUT2D eigenvalue weighted by molar-refractivity contribution is 6.30. The Balaban J connectivity index is 1.26. The molecule has 4 nitrogen and oxygen atoms in total. The van der Waals surface area contributed by atoms with Crippen LogP contribution in [-0.2, 0) is 15.0 Å². The van der Waals surface area contributed by atoms with Gasteiger partial charge in [0.15, 0.2) is 0 Å². The Morgan fingerprint density at radius 3 is 2.52 bits per heavy atom. The number of carbonyl (C=O) groups is 2. The van der Waals surface area contributed by atoms with E-state index >= 15 is 0 Å². The number of amides is 2. The lowest BCUT2D eigenvalue weighted by Gasteiger charge is -2.61. The summed E-state index contributed by atoms with van der Waals surface area (Å²) in [5.74, 6) is 1.86. The first-order chi connectivity index (χ1) is 14.0. The van der Waals surface area contributed by atoms with Crippen LogP contribution in [0.3, 0.4) is 0 Å². The summed E-state index contributed by atoms with van der Waals surface area (Å²) in [4.78, 5) is 27.1. The Bertz CT molecular complexity index is 792. The number of carbonyl (C=O) groups excluding carboxylic acids is 2. The van der Waals surface area contributed by atoms with Crippen LogP contribution in [0.1, 0.15) is 63.4 Å². The van der Waals surface area contributed by atoms with E-state index in [0.29, 0.717) is 24.8 Å². The van der Waals surface area contributed by atoms with Crippen molar-refractivity contribution in [2.75, 3.05) is 19.6 Å². The highest BCUT2D eigenvalue weighted by Crippen LogP contribution is 2.65. The third-order valence-electron chi connectivity index (χ3n) is 8.06. The first-order valence-electron chi connectivity index (χ1n) is 11.3. The lowest BCUT2D eigenvalue weighted by Crippen LogP contribution is -2.59. The van der Waals surface area contributed by atoms with Crippen LogP contribution in [0.4, 0.5) is 0 Å². The van der Waals surface area contributed by atoms with Gasteiger partial charge in [-0.3, -0.25) is 9.59 Å². The fourth-order valence-electron chi connectivity index (χ4n) is 7.27. The number of hydrogen-bond donors (Lipinski definition) is 1. The molecule has 2 amide bonds. The van der Waals surface area contributed by atoms with Crippen LogP contribution in [0.25, 0.3) is 0 Å². The van der Waals surface area contributed by atoms with E-state index in [1.807, 2.05) is 17.0 Å². The zero-order valence-corrected chi connectivity index (χ0v) is 17.8. The number of benzene rings is 1. The second-order valence-corrected chi connectivity index (χ2v) is 10.6. The van der Waals surface area contributed by atoms with Gasteiger partial charge in [-0.05, 0) is 86.3 Å². The van der Waals surface area contributed by atoms with Gasteiger partial charge >= 0.3 is 0 Å². The van der Waals surface area contributed by atoms with Crippen molar-refractivity contribution in [3.05, 3.63) is 34.9 Å². The standard InChI is InChI=1S/C24H31ClN2O2/c25-20-6-4-19(5-7-20)23-12-17-11-18(13-23)15-24(14-17,16-23)22(29)26-8-2-10-27-9-1-3-21(27)28/h4-7,17-18H,1-3,8-16H2,(H,26,29). The van der Waals surface area contributed by atoms with E-state index in [1.165, 1.54) is 24.8 Å². The van der Waals surface area contributed by atoms with Crippen molar-refractivity contribution in [1.29, 1.82) is 0 Å². The van der Waals surface area contributed by atoms with Gasteiger partial charge in [-0.1, -0.05) is 23.7 Å². The summed E-state index contributed by atoms with van der Waals surface area (Å²) >= 11 is 6.14. The maximum absolute atomic E-state index is 13.4. The number of nitrogens with zero attached hydrogens (tertiary/aromatic N) is 1. The molecule has 2 unspecified atom stereocenters. The van der Waals surface area contributed by atoms with E-state index in [0.717, 1.165) is 50.2 Å². The van der Waals surface area contributed by atoms with Gasteiger partial charge in [0.05, 0.1) is 5.41 Å². The smallest absolute Gasteiger partial charge is 0.226 e. The van der Waals surface area contributed by atoms with Crippen LogP contribution >= 0.6 is 11.6 Å². The highest BCUT2D eigenvalue weighted by atomic mass is 35.5. The molecule has 4 bridgehead atoms. The van der Waals surface area contributed by atoms with Crippen molar-refractivity contribution in [1.82, 2.24) is 10.2 Å². The van der Waals surface area contributed by atoms with Gasteiger partial charge in [0.25, 0.3) is 0 Å². The molecule has 5 aliphatic rings. The van der Waals surface area contributed by atoms with Gasteiger partial charge in [0.1, 0.15) is 0 Å². The topological polar surface area (TPSA) is 49.4 Å². The number of nitrogens with one attached hydrogen (secondary N) is 1.